The van der Waals surface area contributed by atoms with Gasteiger partial charge in [0.1, 0.15) is 0 Å². The maximum atomic E-state index is 8.75. The highest BCUT2D eigenvalue weighted by Crippen LogP contribution is 2.43. The number of hydrogen-bond acceptors (Lipinski definition) is 4. The summed E-state index contributed by atoms with van der Waals surface area (Å²) in [5.41, 5.74) is 1.64. The maximum absolute atomic E-state index is 8.75. The Balaban J connectivity index is 2.56. The van der Waals surface area contributed by atoms with Crippen LogP contribution in [0.15, 0.2) is 42.2 Å². The van der Waals surface area contributed by atoms with Crippen LogP contribution in [0.2, 0.25) is 0 Å². The standard InChI is InChI=1S/C17H10Br4N2O2/c1-17(2,9-3-11(18)15(24-7-22)12(19)4-9)10-5-13(20)16(25-8-23)14(21)6-10/h3-6H,1-2H3. The maximum Gasteiger partial charge on any atom is 0.292 e. The monoisotopic (exact) mass is 590 g/mol. The van der Waals surface area contributed by atoms with Crippen LogP contribution in [0.4, 0.5) is 0 Å². The molecule has 4 nitrogen and oxygen atoms in total. The van der Waals surface area contributed by atoms with E-state index in [-0.39, 0.29) is 5.41 Å². The van der Waals surface area contributed by atoms with Crippen molar-refractivity contribution in [2.24, 2.45) is 0 Å². The summed E-state index contributed by atoms with van der Waals surface area (Å²) in [6.45, 7) is 4.15. The summed E-state index contributed by atoms with van der Waals surface area (Å²) in [5, 5.41) is 17.5. The quantitative estimate of drug-likeness (QED) is 0.367. The number of halogens is 4. The van der Waals surface area contributed by atoms with Gasteiger partial charge in [-0.25, -0.2) is 0 Å². The van der Waals surface area contributed by atoms with Crippen LogP contribution in [-0.4, -0.2) is 0 Å². The molecule has 0 saturated carbocycles. The molecule has 8 heteroatoms. The molecule has 2 rings (SSSR count). The topological polar surface area (TPSA) is 66.0 Å². The SMILES string of the molecule is CC(C)(c1cc(Br)c(OC#N)c(Br)c1)c1cc(Br)c(OC#N)c(Br)c1. The third-order valence-electron chi connectivity index (χ3n) is 3.74. The molecular weight excluding hydrogens is 584 g/mol. The van der Waals surface area contributed by atoms with Crippen molar-refractivity contribution >= 4 is 63.7 Å². The Morgan fingerprint density at radius 3 is 1.24 bits per heavy atom. The van der Waals surface area contributed by atoms with Gasteiger partial charge >= 0.3 is 0 Å². The van der Waals surface area contributed by atoms with Gasteiger partial charge in [-0.1, -0.05) is 13.8 Å². The van der Waals surface area contributed by atoms with Gasteiger partial charge in [0.15, 0.2) is 11.5 Å². The van der Waals surface area contributed by atoms with Gasteiger partial charge in [0, 0.05) is 5.41 Å². The van der Waals surface area contributed by atoms with Gasteiger partial charge < -0.3 is 9.47 Å². The van der Waals surface area contributed by atoms with Gasteiger partial charge in [-0.05, 0) is 99.1 Å². The van der Waals surface area contributed by atoms with Gasteiger partial charge in [0.05, 0.1) is 17.9 Å². The predicted molar refractivity (Wildman–Crippen MR) is 108 cm³/mol. The first-order chi connectivity index (χ1) is 11.7. The molecule has 0 aliphatic heterocycles. The lowest BCUT2D eigenvalue weighted by molar-refractivity contribution is 0.498. The number of benzene rings is 2. The van der Waals surface area contributed by atoms with E-state index in [0.29, 0.717) is 29.4 Å². The summed E-state index contributed by atoms with van der Waals surface area (Å²) in [6, 6.07) is 7.66. The molecule has 0 heterocycles. The molecule has 2 aromatic carbocycles. The first kappa shape index (κ1) is 20.3. The molecule has 0 aliphatic rings. The van der Waals surface area contributed by atoms with E-state index in [0.717, 1.165) is 11.1 Å². The van der Waals surface area contributed by atoms with E-state index in [1.165, 1.54) is 0 Å². The Bertz CT molecular complexity index is 794. The zero-order valence-corrected chi connectivity index (χ0v) is 19.4. The molecule has 2 aromatic rings. The molecule has 0 fully saturated rings. The van der Waals surface area contributed by atoms with Crippen molar-refractivity contribution in [2.75, 3.05) is 0 Å². The summed E-state index contributed by atoms with van der Waals surface area (Å²) >= 11 is 13.8. The van der Waals surface area contributed by atoms with Crippen molar-refractivity contribution < 1.29 is 9.47 Å². The molecule has 0 aliphatic carbocycles. The molecule has 0 amide bonds. The van der Waals surface area contributed by atoms with Crippen LogP contribution in [0.5, 0.6) is 11.5 Å². The van der Waals surface area contributed by atoms with Crippen molar-refractivity contribution in [3.05, 3.63) is 53.3 Å². The van der Waals surface area contributed by atoms with E-state index < -0.39 is 0 Å². The van der Waals surface area contributed by atoms with Crippen LogP contribution in [-0.2, 0) is 5.41 Å². The highest BCUT2D eigenvalue weighted by molar-refractivity contribution is 9.11. The molecule has 0 spiro atoms. The smallest absolute Gasteiger partial charge is 0.292 e. The van der Waals surface area contributed by atoms with Crippen LogP contribution >= 0.6 is 63.7 Å². The van der Waals surface area contributed by atoms with Gasteiger partial charge in [-0.2, -0.15) is 0 Å². The summed E-state index contributed by atoms with van der Waals surface area (Å²) in [5.74, 6) is 0.865. The van der Waals surface area contributed by atoms with Crippen LogP contribution in [0, 0.1) is 23.0 Å². The Morgan fingerprint density at radius 2 is 1.00 bits per heavy atom. The zero-order chi connectivity index (χ0) is 18.8. The van der Waals surface area contributed by atoms with Crippen LogP contribution in [0.1, 0.15) is 25.0 Å². The van der Waals surface area contributed by atoms with E-state index in [9.17, 15) is 0 Å². The summed E-state index contributed by atoms with van der Waals surface area (Å²) in [4.78, 5) is 0. The number of ether oxygens (including phenoxy) is 2. The van der Waals surface area contributed by atoms with E-state index in [1.54, 1.807) is 12.5 Å². The molecule has 0 N–H and O–H groups in total. The van der Waals surface area contributed by atoms with Crippen LogP contribution < -0.4 is 9.47 Å². The second-order valence-corrected chi connectivity index (χ2v) is 8.97. The summed E-state index contributed by atoms with van der Waals surface area (Å²) in [6.07, 6.45) is 3.35. The van der Waals surface area contributed by atoms with Gasteiger partial charge in [0.2, 0.25) is 0 Å². The van der Waals surface area contributed by atoms with E-state index >= 15 is 0 Å². The third kappa shape index (κ3) is 4.20. The second-order valence-electron chi connectivity index (χ2n) is 5.55. The average molecular weight is 594 g/mol. The normalized spacial score (nSPS) is 10.7. The number of hydrogen-bond donors (Lipinski definition) is 0. The Kier molecular flexibility index (Phi) is 6.56. The van der Waals surface area contributed by atoms with Gasteiger partial charge in [0.25, 0.3) is 12.5 Å². The molecule has 0 saturated heterocycles. The first-order valence-electron chi connectivity index (χ1n) is 6.83. The fourth-order valence-corrected chi connectivity index (χ4v) is 4.99. The fraction of sp³-hybridized carbons (Fsp3) is 0.176. The molecule has 0 bridgehead atoms. The van der Waals surface area contributed by atoms with E-state index in [1.807, 2.05) is 24.3 Å². The summed E-state index contributed by atoms with van der Waals surface area (Å²) < 4.78 is 12.6. The van der Waals surface area contributed by atoms with Crippen LogP contribution in [0.3, 0.4) is 0 Å². The van der Waals surface area contributed by atoms with Crippen molar-refractivity contribution in [3.63, 3.8) is 0 Å². The van der Waals surface area contributed by atoms with E-state index in [4.69, 9.17) is 20.0 Å². The molecule has 0 unspecified atom stereocenters. The van der Waals surface area contributed by atoms with Gasteiger partial charge in [-0.15, -0.1) is 10.5 Å². The molecule has 128 valence electrons. The average Bonchev–Trinajstić information content (AvgIpc) is 2.53. The van der Waals surface area contributed by atoms with Crippen molar-refractivity contribution in [2.45, 2.75) is 19.3 Å². The van der Waals surface area contributed by atoms with Crippen LogP contribution in [0.25, 0.3) is 0 Å². The molecule has 0 atom stereocenters. The van der Waals surface area contributed by atoms with Crippen molar-refractivity contribution in [3.8, 4) is 24.0 Å². The Hall–Kier alpha value is -1.06. The lowest BCUT2D eigenvalue weighted by atomic mass is 9.78. The molecule has 0 radical (unpaired) electrons. The number of rotatable bonds is 4. The molecule has 25 heavy (non-hydrogen) atoms. The third-order valence-corrected chi connectivity index (χ3v) is 6.09. The minimum absolute atomic E-state index is 0.369. The minimum atomic E-state index is -0.369. The highest BCUT2D eigenvalue weighted by Gasteiger charge is 2.27. The molecule has 0 aromatic heterocycles. The number of nitrogens with zero attached hydrogens (tertiary/aromatic N) is 2. The van der Waals surface area contributed by atoms with E-state index in [2.05, 4.69) is 77.6 Å². The Morgan fingerprint density at radius 1 is 0.720 bits per heavy atom. The largest absolute Gasteiger partial charge is 0.386 e. The highest BCUT2D eigenvalue weighted by atomic mass is 79.9. The van der Waals surface area contributed by atoms with Crippen molar-refractivity contribution in [1.82, 2.24) is 0 Å². The predicted octanol–water partition coefficient (Wildman–Crippen LogP) is 6.78. The van der Waals surface area contributed by atoms with Gasteiger partial charge in [-0.3, -0.25) is 0 Å². The lowest BCUT2D eigenvalue weighted by Gasteiger charge is -2.28. The lowest BCUT2D eigenvalue weighted by Crippen LogP contribution is -2.19. The first-order valence-corrected chi connectivity index (χ1v) is 10.0. The second kappa shape index (κ2) is 8.09. The van der Waals surface area contributed by atoms with Crippen molar-refractivity contribution in [1.29, 1.82) is 10.5 Å². The zero-order valence-electron chi connectivity index (χ0n) is 13.0. The number of nitriles is 2. The summed E-state index contributed by atoms with van der Waals surface area (Å²) in [7, 11) is 0. The molecular formula is C17H10Br4N2O2. The minimum Gasteiger partial charge on any atom is -0.386 e. The fourth-order valence-electron chi connectivity index (χ4n) is 2.29. The Labute approximate surface area is 179 Å².